The minimum Gasteiger partial charge on any atom is -0.481 e. The molecule has 0 unspecified atom stereocenters. The Kier molecular flexibility index (Phi) is 5.51. The second kappa shape index (κ2) is 7.37. The van der Waals surface area contributed by atoms with Crippen LogP contribution in [0.5, 0.6) is 5.75 Å². The van der Waals surface area contributed by atoms with Gasteiger partial charge in [-0.1, -0.05) is 15.9 Å². The molecule has 0 saturated carbocycles. The summed E-state index contributed by atoms with van der Waals surface area (Å²) in [6.07, 6.45) is 1.60. The fourth-order valence-electron chi connectivity index (χ4n) is 1.74. The van der Waals surface area contributed by atoms with Gasteiger partial charge in [0.2, 0.25) is 0 Å². The van der Waals surface area contributed by atoms with E-state index in [9.17, 15) is 9.59 Å². The zero-order valence-corrected chi connectivity index (χ0v) is 14.0. The molecule has 0 aliphatic carbocycles. The second-order valence-electron chi connectivity index (χ2n) is 4.24. The van der Waals surface area contributed by atoms with E-state index in [1.54, 1.807) is 31.2 Å². The normalized spacial score (nSPS) is 15.5. The van der Waals surface area contributed by atoms with Crippen molar-refractivity contribution >= 4 is 51.2 Å². The fourth-order valence-corrected chi connectivity index (χ4v) is 2.32. The van der Waals surface area contributed by atoms with Crippen LogP contribution < -0.4 is 15.4 Å². The van der Waals surface area contributed by atoms with Crippen LogP contribution in [0.25, 0.3) is 6.08 Å². The Morgan fingerprint density at radius 1 is 1.41 bits per heavy atom. The Labute approximate surface area is 141 Å². The molecule has 1 fully saturated rings. The van der Waals surface area contributed by atoms with Crippen LogP contribution in [0.15, 0.2) is 28.4 Å². The third-order valence-corrected chi connectivity index (χ3v) is 3.34. The van der Waals surface area contributed by atoms with E-state index >= 15 is 0 Å². The molecule has 1 aliphatic rings. The summed E-state index contributed by atoms with van der Waals surface area (Å²) < 4.78 is 11.1. The third kappa shape index (κ3) is 4.28. The molecular formula is C14H13BrN2O4S. The zero-order chi connectivity index (χ0) is 16.1. The van der Waals surface area contributed by atoms with E-state index in [-0.39, 0.29) is 17.6 Å². The van der Waals surface area contributed by atoms with Crippen molar-refractivity contribution in [2.45, 2.75) is 6.92 Å². The maximum Gasteiger partial charge on any atom is 0.344 e. The molecule has 1 aromatic rings. The van der Waals surface area contributed by atoms with Crippen LogP contribution in [0.2, 0.25) is 0 Å². The molecule has 1 aliphatic heterocycles. The van der Waals surface area contributed by atoms with Crippen molar-refractivity contribution in [3.63, 3.8) is 0 Å². The lowest BCUT2D eigenvalue weighted by molar-refractivity contribution is -0.145. The van der Waals surface area contributed by atoms with Crippen LogP contribution in [0.3, 0.4) is 0 Å². The number of hydrogen-bond acceptors (Lipinski definition) is 5. The van der Waals surface area contributed by atoms with Crippen LogP contribution in [0.1, 0.15) is 12.5 Å². The number of carbonyl (C=O) groups is 2. The average Bonchev–Trinajstić information content (AvgIpc) is 2.76. The third-order valence-electron chi connectivity index (χ3n) is 2.64. The highest BCUT2D eigenvalue weighted by molar-refractivity contribution is 9.10. The van der Waals surface area contributed by atoms with Gasteiger partial charge < -0.3 is 14.8 Å². The lowest BCUT2D eigenvalue weighted by Gasteiger charge is -2.09. The average molecular weight is 385 g/mol. The van der Waals surface area contributed by atoms with E-state index in [0.717, 1.165) is 4.47 Å². The molecule has 1 aromatic carbocycles. The molecule has 0 aromatic heterocycles. The Bertz CT molecular complexity index is 660. The van der Waals surface area contributed by atoms with E-state index in [4.69, 9.17) is 21.7 Å². The van der Waals surface area contributed by atoms with Crippen molar-refractivity contribution in [1.82, 2.24) is 10.6 Å². The van der Waals surface area contributed by atoms with Crippen molar-refractivity contribution in [3.8, 4) is 5.75 Å². The molecule has 0 radical (unpaired) electrons. The van der Waals surface area contributed by atoms with Gasteiger partial charge in [0.05, 0.1) is 6.61 Å². The topological polar surface area (TPSA) is 76.7 Å². The molecule has 6 nitrogen and oxygen atoms in total. The van der Waals surface area contributed by atoms with Gasteiger partial charge in [-0.25, -0.2) is 4.79 Å². The molecular weight excluding hydrogens is 372 g/mol. The lowest BCUT2D eigenvalue weighted by Crippen LogP contribution is -2.21. The minimum absolute atomic E-state index is 0.205. The minimum atomic E-state index is -0.457. The Hall–Kier alpha value is -1.93. The summed E-state index contributed by atoms with van der Waals surface area (Å²) in [4.78, 5) is 23.0. The first-order valence-electron chi connectivity index (χ1n) is 6.41. The number of halogens is 1. The number of rotatable bonds is 5. The molecule has 2 N–H and O–H groups in total. The lowest BCUT2D eigenvalue weighted by atomic mass is 10.1. The van der Waals surface area contributed by atoms with Crippen molar-refractivity contribution in [2.24, 2.45) is 0 Å². The van der Waals surface area contributed by atoms with Gasteiger partial charge in [0, 0.05) is 10.0 Å². The molecule has 1 saturated heterocycles. The number of thiocarbonyl (C=S) groups is 1. The van der Waals surface area contributed by atoms with Gasteiger partial charge in [-0.3, -0.25) is 10.1 Å². The molecule has 1 heterocycles. The fraction of sp³-hybridized carbons (Fsp3) is 0.214. The van der Waals surface area contributed by atoms with E-state index in [2.05, 4.69) is 26.6 Å². The largest absolute Gasteiger partial charge is 0.481 e. The van der Waals surface area contributed by atoms with Crippen LogP contribution in [-0.4, -0.2) is 30.2 Å². The summed E-state index contributed by atoms with van der Waals surface area (Å²) in [5.74, 6) is -0.320. The van der Waals surface area contributed by atoms with Gasteiger partial charge in [-0.05, 0) is 43.4 Å². The summed E-state index contributed by atoms with van der Waals surface area (Å²) in [6, 6.07) is 5.24. The highest BCUT2D eigenvalue weighted by Gasteiger charge is 2.20. The van der Waals surface area contributed by atoms with Gasteiger partial charge in [0.25, 0.3) is 5.91 Å². The number of ether oxygens (including phenoxy) is 2. The highest BCUT2D eigenvalue weighted by atomic mass is 79.9. The maximum absolute atomic E-state index is 11.7. The van der Waals surface area contributed by atoms with Gasteiger partial charge in [-0.15, -0.1) is 0 Å². The first-order valence-corrected chi connectivity index (χ1v) is 7.61. The van der Waals surface area contributed by atoms with Crippen molar-refractivity contribution in [2.75, 3.05) is 13.2 Å². The molecule has 8 heteroatoms. The summed E-state index contributed by atoms with van der Waals surface area (Å²) in [7, 11) is 0. The van der Waals surface area contributed by atoms with E-state index in [1.165, 1.54) is 0 Å². The smallest absolute Gasteiger partial charge is 0.344 e. The van der Waals surface area contributed by atoms with Crippen LogP contribution in [-0.2, 0) is 14.3 Å². The van der Waals surface area contributed by atoms with Gasteiger partial charge in [0.15, 0.2) is 11.7 Å². The number of hydrogen-bond donors (Lipinski definition) is 2. The zero-order valence-electron chi connectivity index (χ0n) is 11.6. The van der Waals surface area contributed by atoms with Crippen molar-refractivity contribution in [1.29, 1.82) is 0 Å². The maximum atomic E-state index is 11.7. The summed E-state index contributed by atoms with van der Waals surface area (Å²) in [5.41, 5.74) is 0.935. The SMILES string of the molecule is CCOC(=O)COc1ccc(Br)cc1/C=C1\NC(=S)NC1=O. The number of carbonyl (C=O) groups excluding carboxylic acids is 2. The first-order chi connectivity index (χ1) is 10.5. The molecule has 22 heavy (non-hydrogen) atoms. The van der Waals surface area contributed by atoms with Crippen molar-refractivity contribution in [3.05, 3.63) is 33.9 Å². The number of esters is 1. The monoisotopic (exact) mass is 384 g/mol. The highest BCUT2D eigenvalue weighted by Crippen LogP contribution is 2.25. The molecule has 116 valence electrons. The molecule has 2 rings (SSSR count). The van der Waals surface area contributed by atoms with Gasteiger partial charge >= 0.3 is 5.97 Å². The Morgan fingerprint density at radius 2 is 2.18 bits per heavy atom. The number of nitrogens with one attached hydrogen (secondary N) is 2. The van der Waals surface area contributed by atoms with Crippen LogP contribution >= 0.6 is 28.1 Å². The van der Waals surface area contributed by atoms with E-state index in [1.807, 2.05) is 0 Å². The predicted octanol–water partition coefficient (Wildman–Crippen LogP) is 1.74. The molecule has 0 spiro atoms. The predicted molar refractivity (Wildman–Crippen MR) is 88.1 cm³/mol. The molecule has 0 atom stereocenters. The van der Waals surface area contributed by atoms with Gasteiger partial charge in [-0.2, -0.15) is 0 Å². The summed E-state index contributed by atoms with van der Waals surface area (Å²) in [5, 5.41) is 5.48. The van der Waals surface area contributed by atoms with Crippen LogP contribution in [0.4, 0.5) is 0 Å². The standard InChI is InChI=1S/C14H13BrN2O4S/c1-2-20-12(18)7-21-11-4-3-9(15)5-8(11)6-10-13(19)17-14(22)16-10/h3-6H,2,7H2,1H3,(H2,16,17,19,22)/b10-6-. The second-order valence-corrected chi connectivity index (χ2v) is 5.57. The van der Waals surface area contributed by atoms with E-state index < -0.39 is 5.97 Å². The number of amides is 1. The Balaban J connectivity index is 2.21. The quantitative estimate of drug-likeness (QED) is 0.457. The summed E-state index contributed by atoms with van der Waals surface area (Å²) in [6.45, 7) is 1.81. The summed E-state index contributed by atoms with van der Waals surface area (Å²) >= 11 is 8.23. The molecule has 0 bridgehead atoms. The van der Waals surface area contributed by atoms with Crippen LogP contribution in [0, 0.1) is 0 Å². The van der Waals surface area contributed by atoms with Crippen molar-refractivity contribution < 1.29 is 19.1 Å². The van der Waals surface area contributed by atoms with E-state index in [0.29, 0.717) is 23.6 Å². The van der Waals surface area contributed by atoms with Gasteiger partial charge in [0.1, 0.15) is 11.4 Å². The first kappa shape index (κ1) is 16.4. The Morgan fingerprint density at radius 3 is 2.82 bits per heavy atom. The molecule has 1 amide bonds. The number of benzene rings is 1.